The van der Waals surface area contributed by atoms with Gasteiger partial charge in [-0.3, -0.25) is 9.52 Å². The minimum atomic E-state index is -3.81. The summed E-state index contributed by atoms with van der Waals surface area (Å²) in [6, 6.07) is 4.44. The molecule has 0 radical (unpaired) electrons. The third-order valence-electron chi connectivity index (χ3n) is 4.41. The third kappa shape index (κ3) is 7.46. The van der Waals surface area contributed by atoms with Crippen LogP contribution in [0.4, 0.5) is 0 Å². The monoisotopic (exact) mass is 462 g/mol. The van der Waals surface area contributed by atoms with Crippen molar-refractivity contribution in [3.05, 3.63) is 29.8 Å². The molecule has 12 heteroatoms. The van der Waals surface area contributed by atoms with Gasteiger partial charge in [-0.2, -0.15) is 12.6 Å². The normalized spacial score (nSPS) is 20.3. The number of carbonyl (C=O) groups excluding carboxylic acids is 1. The Balaban J connectivity index is 2.02. The maximum atomic E-state index is 12.6. The maximum Gasteiger partial charge on any atom is 0.326 e. The molecule has 1 aromatic rings. The minimum absolute atomic E-state index is 0.00461. The van der Waals surface area contributed by atoms with Crippen molar-refractivity contribution >= 4 is 46.5 Å². The van der Waals surface area contributed by atoms with Crippen LogP contribution in [0.3, 0.4) is 0 Å². The molecule has 5 N–H and O–H groups in total. The van der Waals surface area contributed by atoms with E-state index >= 15 is 0 Å². The lowest BCUT2D eigenvalue weighted by Crippen LogP contribution is -2.42. The van der Waals surface area contributed by atoms with Gasteiger partial charge in [0.05, 0.1) is 4.90 Å². The predicted molar refractivity (Wildman–Crippen MR) is 116 cm³/mol. The van der Waals surface area contributed by atoms with E-state index in [9.17, 15) is 23.1 Å². The third-order valence-corrected chi connectivity index (χ3v) is 6.72. The van der Waals surface area contributed by atoms with E-state index in [0.29, 0.717) is 6.54 Å². The summed E-state index contributed by atoms with van der Waals surface area (Å²) in [4.78, 5) is 23.7. The molecule has 1 aliphatic rings. The number of nitrogens with one attached hydrogen (secondary N) is 4. The summed E-state index contributed by atoms with van der Waals surface area (Å²) in [5.41, 5.74) is 0.0753. The second kappa shape index (κ2) is 11.2. The molecule has 0 bridgehead atoms. The van der Waals surface area contributed by atoms with Crippen LogP contribution in [0.2, 0.25) is 0 Å². The van der Waals surface area contributed by atoms with Gasteiger partial charge in [0, 0.05) is 36.5 Å². The van der Waals surface area contributed by atoms with E-state index in [1.54, 1.807) is 0 Å². The van der Waals surface area contributed by atoms with Crippen LogP contribution in [0.1, 0.15) is 23.2 Å². The number of carboxylic acids is 1. The summed E-state index contributed by atoms with van der Waals surface area (Å²) in [6.45, 7) is 1.35. The molecule has 1 unspecified atom stereocenters. The van der Waals surface area contributed by atoms with Gasteiger partial charge >= 0.3 is 5.97 Å². The van der Waals surface area contributed by atoms with Crippen molar-refractivity contribution in [1.82, 2.24) is 20.1 Å². The van der Waals surface area contributed by atoms with E-state index in [1.165, 1.54) is 36.2 Å². The molecule has 3 atom stereocenters. The molecule has 1 saturated heterocycles. The summed E-state index contributed by atoms with van der Waals surface area (Å²) in [5, 5.41) is 15.1. The molecule has 1 amide bonds. The van der Waals surface area contributed by atoms with Gasteiger partial charge in [0.2, 0.25) is 10.0 Å². The molecule has 0 spiro atoms. The Labute approximate surface area is 180 Å². The Hall–Kier alpha value is -1.31. The highest BCUT2D eigenvalue weighted by molar-refractivity contribution is 7.96. The standard InChI is InChI=1S/C17H26N4O5S3/c1-28-19-6-5-15(17(23)24)21-16(22)11-3-2-4-14(7-11)29(25,26)20-9-12-8-13(27)10-18-12/h2-4,7,12-13,15,18-20,27H,5-6,8-10H2,1H3,(H,21,22)(H,23,24)/t12-,13-,15?/m0/s1. The van der Waals surface area contributed by atoms with E-state index < -0.39 is 27.9 Å². The fourth-order valence-corrected chi connectivity index (χ4v) is 4.66. The highest BCUT2D eigenvalue weighted by atomic mass is 32.2. The van der Waals surface area contributed by atoms with Gasteiger partial charge in [-0.1, -0.05) is 18.0 Å². The van der Waals surface area contributed by atoms with Crippen LogP contribution >= 0.6 is 24.6 Å². The molecular weight excluding hydrogens is 436 g/mol. The number of hydrogen-bond acceptors (Lipinski definition) is 8. The van der Waals surface area contributed by atoms with Crippen molar-refractivity contribution in [1.29, 1.82) is 0 Å². The predicted octanol–water partition coefficient (Wildman–Crippen LogP) is 0.0659. The maximum absolute atomic E-state index is 12.6. The van der Waals surface area contributed by atoms with E-state index in [-0.39, 0.29) is 34.7 Å². The zero-order valence-electron chi connectivity index (χ0n) is 15.9. The molecule has 2 rings (SSSR count). The lowest BCUT2D eigenvalue weighted by Gasteiger charge is -2.15. The van der Waals surface area contributed by atoms with Gasteiger partial charge in [0.15, 0.2) is 0 Å². The fraction of sp³-hybridized carbons (Fsp3) is 0.529. The summed E-state index contributed by atoms with van der Waals surface area (Å²) in [6.07, 6.45) is 2.77. The average molecular weight is 463 g/mol. The Morgan fingerprint density at radius 3 is 2.79 bits per heavy atom. The topological polar surface area (TPSA) is 137 Å². The fourth-order valence-electron chi connectivity index (χ4n) is 2.86. The lowest BCUT2D eigenvalue weighted by molar-refractivity contribution is -0.139. The van der Waals surface area contributed by atoms with Crippen molar-refractivity contribution < 1.29 is 23.1 Å². The quantitative estimate of drug-likeness (QED) is 0.154. The second-order valence-corrected chi connectivity index (χ2v) is 9.82. The zero-order valence-corrected chi connectivity index (χ0v) is 18.4. The molecule has 1 aromatic carbocycles. The van der Waals surface area contributed by atoms with Gasteiger partial charge in [0.25, 0.3) is 5.91 Å². The number of carboxylic acid groups (broad SMARTS) is 1. The number of hydrogen-bond donors (Lipinski definition) is 6. The Bertz CT molecular complexity index is 821. The van der Waals surface area contributed by atoms with Gasteiger partial charge in [-0.05, 0) is 37.3 Å². The molecule has 162 valence electrons. The molecule has 1 heterocycles. The summed E-state index contributed by atoms with van der Waals surface area (Å²) in [5.74, 6) is -1.80. The van der Waals surface area contributed by atoms with Crippen molar-refractivity contribution in [2.24, 2.45) is 0 Å². The van der Waals surface area contributed by atoms with Crippen LogP contribution in [0.5, 0.6) is 0 Å². The van der Waals surface area contributed by atoms with Gasteiger partial charge in [-0.15, -0.1) is 0 Å². The van der Waals surface area contributed by atoms with E-state index in [0.717, 1.165) is 13.0 Å². The first-order valence-electron chi connectivity index (χ1n) is 9.03. The first kappa shape index (κ1) is 24.0. The highest BCUT2D eigenvalue weighted by Crippen LogP contribution is 2.14. The molecule has 1 fully saturated rings. The van der Waals surface area contributed by atoms with Crippen LogP contribution in [-0.4, -0.2) is 68.6 Å². The van der Waals surface area contributed by atoms with Crippen molar-refractivity contribution in [2.45, 2.75) is 35.1 Å². The van der Waals surface area contributed by atoms with Crippen molar-refractivity contribution in [2.75, 3.05) is 25.9 Å². The van der Waals surface area contributed by atoms with E-state index in [2.05, 4.69) is 32.7 Å². The smallest absolute Gasteiger partial charge is 0.326 e. The number of aliphatic carboxylic acids is 1. The largest absolute Gasteiger partial charge is 0.480 e. The average Bonchev–Trinajstić information content (AvgIpc) is 3.11. The van der Waals surface area contributed by atoms with Gasteiger partial charge < -0.3 is 15.7 Å². The Morgan fingerprint density at radius 1 is 1.41 bits per heavy atom. The molecule has 29 heavy (non-hydrogen) atoms. The molecule has 0 saturated carbocycles. The second-order valence-electron chi connectivity index (χ2n) is 6.63. The van der Waals surface area contributed by atoms with Crippen molar-refractivity contribution in [3.63, 3.8) is 0 Å². The summed E-state index contributed by atoms with van der Waals surface area (Å²) < 4.78 is 30.6. The Morgan fingerprint density at radius 2 is 2.17 bits per heavy atom. The number of amides is 1. The zero-order chi connectivity index (χ0) is 21.4. The Kier molecular flexibility index (Phi) is 9.24. The van der Waals surface area contributed by atoms with Gasteiger partial charge in [0.1, 0.15) is 6.04 Å². The van der Waals surface area contributed by atoms with Crippen LogP contribution in [0.15, 0.2) is 29.2 Å². The number of rotatable bonds is 11. The lowest BCUT2D eigenvalue weighted by atomic mass is 10.1. The number of sulfonamides is 1. The number of carbonyl (C=O) groups is 2. The van der Waals surface area contributed by atoms with Gasteiger partial charge in [-0.25, -0.2) is 17.9 Å². The van der Waals surface area contributed by atoms with Crippen molar-refractivity contribution in [3.8, 4) is 0 Å². The SMILES string of the molecule is CSNCCC(NC(=O)c1cccc(S(=O)(=O)NC[C@@H]2C[C@H](S)CN2)c1)C(=O)O. The summed E-state index contributed by atoms with van der Waals surface area (Å²) in [7, 11) is -3.81. The summed E-state index contributed by atoms with van der Waals surface area (Å²) >= 11 is 5.71. The van der Waals surface area contributed by atoms with Crippen LogP contribution in [0, 0.1) is 0 Å². The van der Waals surface area contributed by atoms with E-state index in [1.807, 2.05) is 6.26 Å². The van der Waals surface area contributed by atoms with Crippen LogP contribution in [-0.2, 0) is 14.8 Å². The van der Waals surface area contributed by atoms with Crippen LogP contribution in [0.25, 0.3) is 0 Å². The molecule has 0 aliphatic carbocycles. The molecule has 1 aliphatic heterocycles. The number of thiol groups is 1. The molecule has 9 nitrogen and oxygen atoms in total. The number of benzene rings is 1. The highest BCUT2D eigenvalue weighted by Gasteiger charge is 2.25. The minimum Gasteiger partial charge on any atom is -0.480 e. The van der Waals surface area contributed by atoms with E-state index in [4.69, 9.17) is 0 Å². The first-order valence-corrected chi connectivity index (χ1v) is 12.3. The molecule has 0 aromatic heterocycles. The molecular formula is C17H26N4O5S3. The van der Waals surface area contributed by atoms with Crippen LogP contribution < -0.4 is 20.1 Å². The first-order chi connectivity index (χ1) is 13.7.